The van der Waals surface area contributed by atoms with Gasteiger partial charge >= 0.3 is 0 Å². The van der Waals surface area contributed by atoms with E-state index in [-0.39, 0.29) is 12.1 Å². The molecule has 2 nitrogen and oxygen atoms in total. The van der Waals surface area contributed by atoms with Crippen molar-refractivity contribution < 1.29 is 4.74 Å². The third kappa shape index (κ3) is 3.41. The first-order valence-electron chi connectivity index (χ1n) is 7.20. The molecule has 1 heterocycles. The minimum atomic E-state index is -0.0629. The molecule has 0 amide bonds. The SMILES string of the molecule is CCc1cccc(OC(c2sccc2C)C(N)CC)c1. The monoisotopic (exact) mass is 289 g/mol. The summed E-state index contributed by atoms with van der Waals surface area (Å²) in [5, 5.41) is 2.10. The van der Waals surface area contributed by atoms with Gasteiger partial charge in [-0.3, -0.25) is 0 Å². The summed E-state index contributed by atoms with van der Waals surface area (Å²) >= 11 is 1.73. The van der Waals surface area contributed by atoms with Crippen molar-refractivity contribution >= 4 is 11.3 Å². The van der Waals surface area contributed by atoms with Gasteiger partial charge < -0.3 is 10.5 Å². The fraction of sp³-hybridized carbons (Fsp3) is 0.412. The Morgan fingerprint density at radius 2 is 2.05 bits per heavy atom. The van der Waals surface area contributed by atoms with Gasteiger partial charge in [0.15, 0.2) is 0 Å². The van der Waals surface area contributed by atoms with Crippen LogP contribution in [0.1, 0.15) is 42.4 Å². The first-order chi connectivity index (χ1) is 9.65. The van der Waals surface area contributed by atoms with Crippen molar-refractivity contribution in [1.29, 1.82) is 0 Å². The van der Waals surface area contributed by atoms with E-state index >= 15 is 0 Å². The minimum absolute atomic E-state index is 0.0117. The van der Waals surface area contributed by atoms with Gasteiger partial charge in [0.1, 0.15) is 11.9 Å². The van der Waals surface area contributed by atoms with E-state index in [9.17, 15) is 0 Å². The van der Waals surface area contributed by atoms with E-state index in [1.54, 1.807) is 11.3 Å². The minimum Gasteiger partial charge on any atom is -0.483 e. The van der Waals surface area contributed by atoms with E-state index in [4.69, 9.17) is 10.5 Å². The van der Waals surface area contributed by atoms with Crippen LogP contribution < -0.4 is 10.5 Å². The molecule has 0 saturated carbocycles. The van der Waals surface area contributed by atoms with Crippen LogP contribution in [0.3, 0.4) is 0 Å². The van der Waals surface area contributed by atoms with E-state index in [0.717, 1.165) is 18.6 Å². The highest BCUT2D eigenvalue weighted by Crippen LogP contribution is 2.31. The maximum Gasteiger partial charge on any atom is 0.148 e. The zero-order valence-corrected chi connectivity index (χ0v) is 13.2. The van der Waals surface area contributed by atoms with Gasteiger partial charge in [-0.2, -0.15) is 0 Å². The Morgan fingerprint density at radius 1 is 1.25 bits per heavy atom. The average molecular weight is 289 g/mol. The lowest BCUT2D eigenvalue weighted by Gasteiger charge is -2.24. The van der Waals surface area contributed by atoms with Crippen LogP contribution in [0, 0.1) is 6.92 Å². The highest BCUT2D eigenvalue weighted by atomic mass is 32.1. The molecule has 108 valence electrons. The summed E-state index contributed by atoms with van der Waals surface area (Å²) in [5.41, 5.74) is 8.82. The maximum atomic E-state index is 6.28. The number of ether oxygens (including phenoxy) is 1. The molecular weight excluding hydrogens is 266 g/mol. The van der Waals surface area contributed by atoms with Crippen molar-refractivity contribution in [2.45, 2.75) is 45.8 Å². The van der Waals surface area contributed by atoms with E-state index in [0.29, 0.717) is 0 Å². The molecule has 2 unspecified atom stereocenters. The van der Waals surface area contributed by atoms with Crippen LogP contribution >= 0.6 is 11.3 Å². The average Bonchev–Trinajstić information content (AvgIpc) is 2.90. The Hall–Kier alpha value is -1.32. The van der Waals surface area contributed by atoms with Crippen molar-refractivity contribution in [1.82, 2.24) is 0 Å². The number of hydrogen-bond acceptors (Lipinski definition) is 3. The van der Waals surface area contributed by atoms with Gasteiger partial charge in [0.2, 0.25) is 0 Å². The van der Waals surface area contributed by atoms with Gasteiger partial charge in [-0.05, 0) is 54.5 Å². The van der Waals surface area contributed by atoms with Gasteiger partial charge in [-0.25, -0.2) is 0 Å². The van der Waals surface area contributed by atoms with Crippen LogP contribution in [-0.4, -0.2) is 6.04 Å². The van der Waals surface area contributed by atoms with Crippen molar-refractivity contribution in [2.24, 2.45) is 5.73 Å². The molecule has 2 N–H and O–H groups in total. The number of thiophene rings is 1. The Morgan fingerprint density at radius 3 is 2.65 bits per heavy atom. The number of rotatable bonds is 6. The normalized spacial score (nSPS) is 14.0. The number of nitrogens with two attached hydrogens (primary N) is 1. The van der Waals surface area contributed by atoms with E-state index in [1.807, 2.05) is 12.1 Å². The van der Waals surface area contributed by atoms with Crippen molar-refractivity contribution in [2.75, 3.05) is 0 Å². The summed E-state index contributed by atoms with van der Waals surface area (Å²) in [6, 6.07) is 10.4. The number of benzene rings is 1. The van der Waals surface area contributed by atoms with Crippen LogP contribution in [0.15, 0.2) is 35.7 Å². The molecule has 0 bridgehead atoms. The predicted molar refractivity (Wildman–Crippen MR) is 86.5 cm³/mol. The Kier molecular flexibility index (Phi) is 5.21. The highest BCUT2D eigenvalue weighted by Gasteiger charge is 2.23. The van der Waals surface area contributed by atoms with E-state index < -0.39 is 0 Å². The van der Waals surface area contributed by atoms with E-state index in [2.05, 4.69) is 44.4 Å². The van der Waals surface area contributed by atoms with Gasteiger partial charge in [-0.1, -0.05) is 26.0 Å². The summed E-state index contributed by atoms with van der Waals surface area (Å²) in [7, 11) is 0. The second-order valence-electron chi connectivity index (χ2n) is 5.08. The molecule has 2 atom stereocenters. The largest absolute Gasteiger partial charge is 0.483 e. The fourth-order valence-corrected chi connectivity index (χ4v) is 3.24. The maximum absolute atomic E-state index is 6.28. The Balaban J connectivity index is 2.26. The molecule has 0 fully saturated rings. The molecule has 1 aromatic carbocycles. The summed E-state index contributed by atoms with van der Waals surface area (Å²) in [6.45, 7) is 6.37. The lowest BCUT2D eigenvalue weighted by molar-refractivity contribution is 0.174. The summed E-state index contributed by atoms with van der Waals surface area (Å²) in [5.74, 6) is 0.908. The van der Waals surface area contributed by atoms with Gasteiger partial charge in [0, 0.05) is 10.9 Å². The number of aryl methyl sites for hydroxylation is 2. The fourth-order valence-electron chi connectivity index (χ4n) is 2.21. The molecule has 2 rings (SSSR count). The van der Waals surface area contributed by atoms with Gasteiger partial charge in [-0.15, -0.1) is 11.3 Å². The number of hydrogen-bond donors (Lipinski definition) is 1. The highest BCUT2D eigenvalue weighted by molar-refractivity contribution is 7.10. The smallest absolute Gasteiger partial charge is 0.148 e. The molecule has 0 radical (unpaired) electrons. The zero-order chi connectivity index (χ0) is 14.5. The Bertz CT molecular complexity index is 549. The summed E-state index contributed by atoms with van der Waals surface area (Å²) in [6.07, 6.45) is 1.85. The van der Waals surface area contributed by atoms with E-state index in [1.165, 1.54) is 16.0 Å². The summed E-state index contributed by atoms with van der Waals surface area (Å²) in [4.78, 5) is 1.24. The molecule has 2 aromatic rings. The standard InChI is InChI=1S/C17H23NOS/c1-4-13-7-6-8-14(11-13)19-16(15(18)5-2)17-12(3)9-10-20-17/h6-11,15-16H,4-5,18H2,1-3H3. The molecule has 1 aromatic heterocycles. The first-order valence-corrected chi connectivity index (χ1v) is 8.08. The Labute approximate surface area is 125 Å². The van der Waals surface area contributed by atoms with Crippen molar-refractivity contribution in [3.63, 3.8) is 0 Å². The molecule has 3 heteroatoms. The lowest BCUT2D eigenvalue weighted by Crippen LogP contribution is -2.31. The molecule has 20 heavy (non-hydrogen) atoms. The van der Waals surface area contributed by atoms with Crippen LogP contribution in [0.2, 0.25) is 0 Å². The van der Waals surface area contributed by atoms with Crippen molar-refractivity contribution in [3.05, 3.63) is 51.7 Å². The van der Waals surface area contributed by atoms with Crippen LogP contribution in [0.5, 0.6) is 5.75 Å². The predicted octanol–water partition coefficient (Wildman–Crippen LogP) is 4.48. The molecule has 0 aliphatic rings. The van der Waals surface area contributed by atoms with Gasteiger partial charge in [0.25, 0.3) is 0 Å². The van der Waals surface area contributed by atoms with Gasteiger partial charge in [0.05, 0.1) is 0 Å². The first kappa shape index (κ1) is 15.1. The third-order valence-corrected chi connectivity index (χ3v) is 4.67. The second kappa shape index (κ2) is 6.91. The summed E-state index contributed by atoms with van der Waals surface area (Å²) < 4.78 is 6.22. The molecular formula is C17H23NOS. The topological polar surface area (TPSA) is 35.2 Å². The van der Waals surface area contributed by atoms with Crippen LogP contribution in [0.25, 0.3) is 0 Å². The van der Waals surface area contributed by atoms with Crippen LogP contribution in [-0.2, 0) is 6.42 Å². The van der Waals surface area contributed by atoms with Crippen molar-refractivity contribution in [3.8, 4) is 5.75 Å². The zero-order valence-electron chi connectivity index (χ0n) is 12.4. The molecule has 0 spiro atoms. The molecule has 0 aliphatic carbocycles. The second-order valence-corrected chi connectivity index (χ2v) is 6.03. The van der Waals surface area contributed by atoms with Crippen LogP contribution in [0.4, 0.5) is 0 Å². The lowest BCUT2D eigenvalue weighted by atomic mass is 10.1. The quantitative estimate of drug-likeness (QED) is 0.851. The molecule has 0 saturated heterocycles. The third-order valence-electron chi connectivity index (χ3n) is 3.59. The molecule has 0 aliphatic heterocycles.